The van der Waals surface area contributed by atoms with Crippen molar-refractivity contribution in [3.63, 3.8) is 0 Å². The molecule has 2 atom stereocenters. The summed E-state index contributed by atoms with van der Waals surface area (Å²) >= 11 is 0. The molecule has 0 aromatic carbocycles. The molecule has 1 aliphatic heterocycles. The van der Waals surface area contributed by atoms with E-state index < -0.39 is 22.2 Å². The molecule has 0 saturated carbocycles. The quantitative estimate of drug-likeness (QED) is 0.679. The molecule has 1 rings (SSSR count). The van der Waals surface area contributed by atoms with Gasteiger partial charge in [0.05, 0.1) is 0 Å². The van der Waals surface area contributed by atoms with Crippen molar-refractivity contribution in [2.24, 2.45) is 0 Å². The summed E-state index contributed by atoms with van der Waals surface area (Å²) in [5, 5.41) is 9.15. The van der Waals surface area contributed by atoms with Crippen LogP contribution in [0.2, 0.25) is 0 Å². The summed E-state index contributed by atoms with van der Waals surface area (Å²) in [6, 6.07) is -0.556. The van der Waals surface area contributed by atoms with Crippen LogP contribution in [0.3, 0.4) is 0 Å². The molecular formula is C13H27N3O4S. The van der Waals surface area contributed by atoms with Crippen LogP contribution in [0.1, 0.15) is 39.5 Å². The summed E-state index contributed by atoms with van der Waals surface area (Å²) in [4.78, 5) is 13.3. The van der Waals surface area contributed by atoms with Crippen molar-refractivity contribution in [1.82, 2.24) is 13.9 Å². The van der Waals surface area contributed by atoms with Crippen molar-refractivity contribution < 1.29 is 18.3 Å². The first-order valence-electron chi connectivity index (χ1n) is 7.49. The van der Waals surface area contributed by atoms with E-state index in [1.54, 1.807) is 0 Å². The number of aliphatic carboxylic acids is 1. The van der Waals surface area contributed by atoms with E-state index in [1.165, 1.54) is 0 Å². The lowest BCUT2D eigenvalue weighted by Crippen LogP contribution is -2.53. The van der Waals surface area contributed by atoms with Gasteiger partial charge in [-0.1, -0.05) is 6.92 Å². The lowest BCUT2D eigenvalue weighted by molar-refractivity contribution is -0.142. The van der Waals surface area contributed by atoms with Gasteiger partial charge in [-0.15, -0.1) is 0 Å². The van der Waals surface area contributed by atoms with Gasteiger partial charge in [0.15, 0.2) is 0 Å². The second-order valence-corrected chi connectivity index (χ2v) is 7.31. The minimum absolute atomic E-state index is 0.271. The summed E-state index contributed by atoms with van der Waals surface area (Å²) in [6.07, 6.45) is 2.83. The largest absolute Gasteiger partial charge is 0.480 e. The van der Waals surface area contributed by atoms with E-state index in [2.05, 4.69) is 23.5 Å². The topological polar surface area (TPSA) is 90.0 Å². The van der Waals surface area contributed by atoms with Crippen LogP contribution >= 0.6 is 0 Å². The SMILES string of the molecule is CCC(C)N(C)CCNS(=O)(=O)N1CCCCC1C(=O)O. The van der Waals surface area contributed by atoms with Crippen molar-refractivity contribution in [2.45, 2.75) is 51.6 Å². The average Bonchev–Trinajstić information content (AvgIpc) is 2.46. The Kier molecular flexibility index (Phi) is 7.05. The molecule has 0 bridgehead atoms. The number of rotatable bonds is 8. The predicted octanol–water partition coefficient (Wildman–Crippen LogP) is 0.490. The molecule has 1 heterocycles. The third-order valence-corrected chi connectivity index (χ3v) is 5.76. The Labute approximate surface area is 127 Å². The Bertz CT molecular complexity index is 441. The summed E-state index contributed by atoms with van der Waals surface area (Å²) in [5.41, 5.74) is 0. The molecule has 1 aliphatic rings. The number of hydrogen-bond acceptors (Lipinski definition) is 4. The van der Waals surface area contributed by atoms with Crippen LogP contribution < -0.4 is 4.72 Å². The van der Waals surface area contributed by atoms with E-state index in [1.807, 2.05) is 7.05 Å². The van der Waals surface area contributed by atoms with Crippen molar-refractivity contribution in [3.8, 4) is 0 Å². The smallest absolute Gasteiger partial charge is 0.322 e. The van der Waals surface area contributed by atoms with E-state index in [-0.39, 0.29) is 13.1 Å². The van der Waals surface area contributed by atoms with Crippen LogP contribution in [0.25, 0.3) is 0 Å². The fourth-order valence-electron chi connectivity index (χ4n) is 2.41. The molecule has 0 radical (unpaired) electrons. The lowest BCUT2D eigenvalue weighted by Gasteiger charge is -2.32. The molecular weight excluding hydrogens is 294 g/mol. The van der Waals surface area contributed by atoms with E-state index in [0.29, 0.717) is 25.4 Å². The third kappa shape index (κ3) is 5.21. The Morgan fingerprint density at radius 1 is 1.48 bits per heavy atom. The molecule has 7 nitrogen and oxygen atoms in total. The van der Waals surface area contributed by atoms with E-state index in [0.717, 1.165) is 17.1 Å². The van der Waals surface area contributed by atoms with Gasteiger partial charge >= 0.3 is 5.97 Å². The molecule has 8 heteroatoms. The molecule has 21 heavy (non-hydrogen) atoms. The molecule has 124 valence electrons. The molecule has 1 saturated heterocycles. The van der Waals surface area contributed by atoms with Crippen LogP contribution in [0.15, 0.2) is 0 Å². The van der Waals surface area contributed by atoms with Crippen molar-refractivity contribution in [2.75, 3.05) is 26.7 Å². The van der Waals surface area contributed by atoms with Crippen LogP contribution in [0, 0.1) is 0 Å². The van der Waals surface area contributed by atoms with E-state index >= 15 is 0 Å². The van der Waals surface area contributed by atoms with Crippen LogP contribution in [0.5, 0.6) is 0 Å². The number of nitrogens with one attached hydrogen (secondary N) is 1. The van der Waals surface area contributed by atoms with Gasteiger partial charge < -0.3 is 10.0 Å². The average molecular weight is 321 g/mol. The molecule has 0 aliphatic carbocycles. The van der Waals surface area contributed by atoms with Crippen molar-refractivity contribution >= 4 is 16.2 Å². The molecule has 0 aromatic heterocycles. The van der Waals surface area contributed by atoms with Crippen LogP contribution in [-0.4, -0.2) is 67.5 Å². The number of carbonyl (C=O) groups is 1. The van der Waals surface area contributed by atoms with Crippen LogP contribution in [0.4, 0.5) is 0 Å². The number of likely N-dealkylation sites (N-methyl/N-ethyl adjacent to an activating group) is 1. The zero-order valence-corrected chi connectivity index (χ0v) is 13.9. The van der Waals surface area contributed by atoms with Gasteiger partial charge in [-0.2, -0.15) is 12.7 Å². The van der Waals surface area contributed by atoms with E-state index in [9.17, 15) is 13.2 Å². The van der Waals surface area contributed by atoms with Crippen molar-refractivity contribution in [1.29, 1.82) is 0 Å². The fraction of sp³-hybridized carbons (Fsp3) is 0.923. The first-order chi connectivity index (χ1) is 9.79. The maximum atomic E-state index is 12.3. The minimum atomic E-state index is -3.73. The first kappa shape index (κ1) is 18.3. The minimum Gasteiger partial charge on any atom is -0.480 e. The highest BCUT2D eigenvalue weighted by Gasteiger charge is 2.36. The summed E-state index contributed by atoms with van der Waals surface area (Å²) in [7, 11) is -1.78. The van der Waals surface area contributed by atoms with Crippen molar-refractivity contribution in [3.05, 3.63) is 0 Å². The van der Waals surface area contributed by atoms with Gasteiger partial charge in [0.2, 0.25) is 0 Å². The van der Waals surface area contributed by atoms with Gasteiger partial charge in [-0.3, -0.25) is 4.79 Å². The highest BCUT2D eigenvalue weighted by Crippen LogP contribution is 2.19. The second kappa shape index (κ2) is 8.07. The zero-order chi connectivity index (χ0) is 16.0. The van der Waals surface area contributed by atoms with Gasteiger partial charge in [0.25, 0.3) is 10.2 Å². The summed E-state index contributed by atoms with van der Waals surface area (Å²) in [5.74, 6) is -1.07. The lowest BCUT2D eigenvalue weighted by atomic mass is 10.1. The Morgan fingerprint density at radius 2 is 2.14 bits per heavy atom. The monoisotopic (exact) mass is 321 g/mol. The van der Waals surface area contributed by atoms with Gasteiger partial charge in [-0.05, 0) is 39.7 Å². The van der Waals surface area contributed by atoms with Gasteiger partial charge in [0, 0.05) is 25.7 Å². The molecule has 2 N–H and O–H groups in total. The van der Waals surface area contributed by atoms with E-state index in [4.69, 9.17) is 5.11 Å². The first-order valence-corrected chi connectivity index (χ1v) is 8.93. The molecule has 2 unspecified atom stereocenters. The molecule has 0 aromatic rings. The molecule has 0 spiro atoms. The number of hydrogen-bond donors (Lipinski definition) is 2. The Balaban J connectivity index is 2.57. The third-order valence-electron chi connectivity index (χ3n) is 4.14. The summed E-state index contributed by atoms with van der Waals surface area (Å²) in [6.45, 7) is 5.31. The number of nitrogens with zero attached hydrogens (tertiary/aromatic N) is 2. The number of carboxylic acids is 1. The number of piperidine rings is 1. The second-order valence-electron chi connectivity index (χ2n) is 5.60. The standard InChI is InChI=1S/C13H27N3O4S/c1-4-11(2)15(3)10-8-14-21(19,20)16-9-6-5-7-12(16)13(17)18/h11-12,14H,4-10H2,1-3H3,(H,17,18). The number of carboxylic acid groups (broad SMARTS) is 1. The highest BCUT2D eigenvalue weighted by molar-refractivity contribution is 7.87. The Morgan fingerprint density at radius 3 is 2.71 bits per heavy atom. The maximum absolute atomic E-state index is 12.3. The fourth-order valence-corrected chi connectivity index (χ4v) is 3.82. The van der Waals surface area contributed by atoms with Crippen LogP contribution in [-0.2, 0) is 15.0 Å². The molecule has 0 amide bonds. The Hall–Kier alpha value is -0.700. The molecule has 1 fully saturated rings. The predicted molar refractivity (Wildman–Crippen MR) is 81.3 cm³/mol. The summed E-state index contributed by atoms with van der Waals surface area (Å²) < 4.78 is 28.1. The maximum Gasteiger partial charge on any atom is 0.322 e. The van der Waals surface area contributed by atoms with Gasteiger partial charge in [0.1, 0.15) is 6.04 Å². The highest BCUT2D eigenvalue weighted by atomic mass is 32.2. The van der Waals surface area contributed by atoms with Gasteiger partial charge in [-0.25, -0.2) is 4.72 Å². The normalized spacial score (nSPS) is 22.4. The zero-order valence-electron chi connectivity index (χ0n) is 13.1.